The minimum Gasteiger partial charge on any atom is -0.370 e. The van der Waals surface area contributed by atoms with Crippen LogP contribution in [-0.2, 0) is 16.0 Å². The lowest BCUT2D eigenvalue weighted by molar-refractivity contribution is -0.146. The molecule has 1 aliphatic carbocycles. The number of ketones is 1. The van der Waals surface area contributed by atoms with Gasteiger partial charge in [-0.2, -0.15) is 0 Å². The molecule has 20 heavy (non-hydrogen) atoms. The van der Waals surface area contributed by atoms with Crippen molar-refractivity contribution < 1.29 is 18.3 Å². The smallest absolute Gasteiger partial charge is 0.169 e. The molecule has 1 aromatic carbocycles. The molecule has 110 valence electrons. The molecule has 1 aromatic rings. The molecule has 4 heteroatoms. The first kappa shape index (κ1) is 15.1. The van der Waals surface area contributed by atoms with E-state index in [9.17, 15) is 13.6 Å². The molecule has 0 aliphatic heterocycles. The summed E-state index contributed by atoms with van der Waals surface area (Å²) in [7, 11) is 1.51. The van der Waals surface area contributed by atoms with Crippen LogP contribution in [-0.4, -0.2) is 18.5 Å². The Kier molecular flexibility index (Phi) is 4.53. The zero-order chi connectivity index (χ0) is 14.8. The number of carbonyl (C=O) groups is 1. The second-order valence-electron chi connectivity index (χ2n) is 5.70. The van der Waals surface area contributed by atoms with E-state index in [2.05, 4.69) is 6.92 Å². The van der Waals surface area contributed by atoms with Gasteiger partial charge in [0.15, 0.2) is 5.78 Å². The van der Waals surface area contributed by atoms with Gasteiger partial charge in [-0.25, -0.2) is 8.78 Å². The number of ether oxygens (including phenoxy) is 1. The van der Waals surface area contributed by atoms with Crippen LogP contribution in [0.25, 0.3) is 0 Å². The second-order valence-corrected chi connectivity index (χ2v) is 5.70. The Morgan fingerprint density at radius 2 is 2.05 bits per heavy atom. The summed E-state index contributed by atoms with van der Waals surface area (Å²) in [5.74, 6) is -1.18. The van der Waals surface area contributed by atoms with Gasteiger partial charge in [0, 0.05) is 19.1 Å². The molecule has 2 unspecified atom stereocenters. The number of rotatable bonds is 4. The summed E-state index contributed by atoms with van der Waals surface area (Å²) in [6.45, 7) is 2.07. The van der Waals surface area contributed by atoms with Crippen molar-refractivity contribution in [1.82, 2.24) is 0 Å². The average molecular weight is 282 g/mol. The fraction of sp³-hybridized carbons (Fsp3) is 0.562. The van der Waals surface area contributed by atoms with Gasteiger partial charge in [-0.05, 0) is 37.3 Å². The normalized spacial score (nSPS) is 26.5. The van der Waals surface area contributed by atoms with E-state index in [1.807, 2.05) is 0 Å². The summed E-state index contributed by atoms with van der Waals surface area (Å²) >= 11 is 0. The second kappa shape index (κ2) is 6.00. The fourth-order valence-corrected chi connectivity index (χ4v) is 3.08. The topological polar surface area (TPSA) is 26.3 Å². The number of hydrogen-bond donors (Lipinski definition) is 0. The van der Waals surface area contributed by atoms with Crippen LogP contribution in [0, 0.1) is 17.6 Å². The summed E-state index contributed by atoms with van der Waals surface area (Å²) < 4.78 is 32.8. The van der Waals surface area contributed by atoms with Crippen molar-refractivity contribution in [2.24, 2.45) is 5.92 Å². The lowest BCUT2D eigenvalue weighted by atomic mass is 9.75. The zero-order valence-corrected chi connectivity index (χ0v) is 11.9. The van der Waals surface area contributed by atoms with Crippen LogP contribution in [0.4, 0.5) is 8.78 Å². The zero-order valence-electron chi connectivity index (χ0n) is 11.9. The first-order chi connectivity index (χ1) is 9.48. The van der Waals surface area contributed by atoms with Crippen LogP contribution >= 0.6 is 0 Å². The third-order valence-electron chi connectivity index (χ3n) is 4.25. The SMILES string of the molecule is COC1(C(=O)Cc2c(F)cccc2F)CCCC(C)C1. The molecule has 1 fully saturated rings. The lowest BCUT2D eigenvalue weighted by Gasteiger charge is -2.37. The van der Waals surface area contributed by atoms with Gasteiger partial charge in [-0.15, -0.1) is 0 Å². The van der Waals surface area contributed by atoms with Crippen LogP contribution < -0.4 is 0 Å². The van der Waals surface area contributed by atoms with Gasteiger partial charge in [0.05, 0.1) is 0 Å². The van der Waals surface area contributed by atoms with Gasteiger partial charge < -0.3 is 4.74 Å². The fourth-order valence-electron chi connectivity index (χ4n) is 3.08. The highest BCUT2D eigenvalue weighted by Crippen LogP contribution is 2.36. The number of benzene rings is 1. The molecule has 0 bridgehead atoms. The molecule has 1 aliphatic rings. The van der Waals surface area contributed by atoms with E-state index in [-0.39, 0.29) is 17.8 Å². The molecule has 1 saturated carbocycles. The van der Waals surface area contributed by atoms with Gasteiger partial charge in [0.2, 0.25) is 0 Å². The molecule has 0 radical (unpaired) electrons. The van der Waals surface area contributed by atoms with E-state index in [1.54, 1.807) is 0 Å². The van der Waals surface area contributed by atoms with Crippen molar-refractivity contribution in [3.05, 3.63) is 35.4 Å². The minimum atomic E-state index is -0.883. The van der Waals surface area contributed by atoms with E-state index in [0.29, 0.717) is 18.8 Å². The van der Waals surface area contributed by atoms with E-state index in [4.69, 9.17) is 4.74 Å². The first-order valence-electron chi connectivity index (χ1n) is 7.00. The molecular formula is C16H20F2O2. The van der Waals surface area contributed by atoms with E-state index in [1.165, 1.54) is 25.3 Å². The predicted molar refractivity (Wildman–Crippen MR) is 72.4 cm³/mol. The summed E-state index contributed by atoms with van der Waals surface area (Å²) in [4.78, 5) is 12.5. The van der Waals surface area contributed by atoms with Gasteiger partial charge in [0.25, 0.3) is 0 Å². The Bertz CT molecular complexity index is 481. The average Bonchev–Trinajstić information content (AvgIpc) is 2.42. The van der Waals surface area contributed by atoms with Crippen molar-refractivity contribution in [1.29, 1.82) is 0 Å². The van der Waals surface area contributed by atoms with E-state index < -0.39 is 17.2 Å². The highest BCUT2D eigenvalue weighted by atomic mass is 19.1. The Morgan fingerprint density at radius 1 is 1.40 bits per heavy atom. The molecule has 2 nitrogen and oxygen atoms in total. The number of Topliss-reactive ketones (excluding diaryl/α,β-unsaturated/α-hetero) is 1. The first-order valence-corrected chi connectivity index (χ1v) is 7.00. The molecular weight excluding hydrogens is 262 g/mol. The largest absolute Gasteiger partial charge is 0.370 e. The molecule has 0 N–H and O–H groups in total. The van der Waals surface area contributed by atoms with Crippen molar-refractivity contribution in [3.63, 3.8) is 0 Å². The predicted octanol–water partition coefficient (Wildman–Crippen LogP) is 3.67. The quantitative estimate of drug-likeness (QED) is 0.842. The molecule has 2 rings (SSSR count). The van der Waals surface area contributed by atoms with Crippen LogP contribution in [0.3, 0.4) is 0 Å². The van der Waals surface area contributed by atoms with Gasteiger partial charge in [-0.1, -0.05) is 19.4 Å². The minimum absolute atomic E-state index is 0.160. The summed E-state index contributed by atoms with van der Waals surface area (Å²) in [6, 6.07) is 3.65. The van der Waals surface area contributed by atoms with Crippen LogP contribution in [0.5, 0.6) is 0 Å². The Labute approximate surface area is 118 Å². The van der Waals surface area contributed by atoms with Crippen LogP contribution in [0.2, 0.25) is 0 Å². The maximum atomic E-state index is 13.7. The highest BCUT2D eigenvalue weighted by Gasteiger charge is 2.41. The van der Waals surface area contributed by atoms with Crippen LogP contribution in [0.15, 0.2) is 18.2 Å². The monoisotopic (exact) mass is 282 g/mol. The Hall–Kier alpha value is -1.29. The number of carbonyl (C=O) groups excluding carboxylic acids is 1. The summed E-state index contributed by atoms with van der Waals surface area (Å²) in [5.41, 5.74) is -1.04. The maximum Gasteiger partial charge on any atom is 0.169 e. The maximum absolute atomic E-state index is 13.7. The van der Waals surface area contributed by atoms with Gasteiger partial charge in [0.1, 0.15) is 17.2 Å². The number of hydrogen-bond acceptors (Lipinski definition) is 2. The third-order valence-corrected chi connectivity index (χ3v) is 4.25. The Balaban J connectivity index is 2.22. The highest BCUT2D eigenvalue weighted by molar-refractivity contribution is 5.89. The van der Waals surface area contributed by atoms with Crippen molar-refractivity contribution >= 4 is 5.78 Å². The Morgan fingerprint density at radius 3 is 2.60 bits per heavy atom. The third kappa shape index (κ3) is 2.90. The molecule has 0 amide bonds. The molecule has 0 heterocycles. The summed E-state index contributed by atoms with van der Waals surface area (Å²) in [5, 5.41) is 0. The van der Waals surface area contributed by atoms with Gasteiger partial charge >= 0.3 is 0 Å². The van der Waals surface area contributed by atoms with Gasteiger partial charge in [-0.3, -0.25) is 4.79 Å². The molecule has 0 saturated heterocycles. The van der Waals surface area contributed by atoms with Crippen LogP contribution in [0.1, 0.15) is 38.2 Å². The van der Waals surface area contributed by atoms with Crippen molar-refractivity contribution in [2.45, 2.75) is 44.6 Å². The summed E-state index contributed by atoms with van der Waals surface area (Å²) in [6.07, 6.45) is 2.97. The standard InChI is InChI=1S/C16H20F2O2/c1-11-5-4-8-16(10-11,20-2)15(19)9-12-13(17)6-3-7-14(12)18/h3,6-7,11H,4-5,8-10H2,1-2H3. The van der Waals surface area contributed by atoms with E-state index in [0.717, 1.165) is 12.8 Å². The van der Waals surface area contributed by atoms with Crippen molar-refractivity contribution in [3.8, 4) is 0 Å². The molecule has 0 spiro atoms. The number of methoxy groups -OCH3 is 1. The van der Waals surface area contributed by atoms with E-state index >= 15 is 0 Å². The molecule has 2 atom stereocenters. The van der Waals surface area contributed by atoms with Crippen molar-refractivity contribution in [2.75, 3.05) is 7.11 Å². The molecule has 0 aromatic heterocycles. The number of halogens is 2. The lowest BCUT2D eigenvalue weighted by Crippen LogP contribution is -2.45.